The molecule has 2 aliphatic rings. The summed E-state index contributed by atoms with van der Waals surface area (Å²) in [6.45, 7) is 9.76. The number of furan rings is 1. The third-order valence-electron chi connectivity index (χ3n) is 15.1. The number of fused-ring (bicyclic) bond motifs is 7. The van der Waals surface area contributed by atoms with E-state index in [9.17, 15) is 10.5 Å². The number of anilines is 6. The van der Waals surface area contributed by atoms with E-state index < -0.39 is 10.8 Å². The van der Waals surface area contributed by atoms with Gasteiger partial charge in [0, 0.05) is 51.6 Å². The van der Waals surface area contributed by atoms with Gasteiger partial charge < -0.3 is 19.0 Å². The van der Waals surface area contributed by atoms with Crippen molar-refractivity contribution in [2.45, 2.75) is 57.8 Å². The molecule has 1 aromatic heterocycles. The summed E-state index contributed by atoms with van der Waals surface area (Å²) in [4.78, 5) is 4.47. The smallest absolute Gasteiger partial charge is 0.137 e. The van der Waals surface area contributed by atoms with Crippen molar-refractivity contribution in [3.8, 4) is 51.3 Å². The maximum Gasteiger partial charge on any atom is 0.137 e. The molecule has 0 amide bonds. The van der Waals surface area contributed by atoms with Gasteiger partial charge in [-0.15, -0.1) is 0 Å². The van der Waals surface area contributed by atoms with Crippen molar-refractivity contribution >= 4 is 56.1 Å². The zero-order valence-corrected chi connectivity index (χ0v) is 40.9. The van der Waals surface area contributed by atoms with Crippen molar-refractivity contribution in [2.24, 2.45) is 0 Å². The van der Waals surface area contributed by atoms with Crippen LogP contribution in [0.15, 0.2) is 199 Å². The van der Waals surface area contributed by atoms with Gasteiger partial charge in [-0.1, -0.05) is 155 Å². The summed E-state index contributed by atoms with van der Waals surface area (Å²) >= 11 is 0. The molecule has 0 spiro atoms. The maximum absolute atomic E-state index is 12.0. The van der Waals surface area contributed by atoms with Crippen molar-refractivity contribution in [1.29, 1.82) is 10.5 Å². The highest BCUT2D eigenvalue weighted by molar-refractivity contribution is 6.06. The second-order valence-corrected chi connectivity index (χ2v) is 20.4. The number of nitriles is 2. The number of nitrogens with zero attached hydrogens (tertiary/aromatic N) is 4. The van der Waals surface area contributed by atoms with Gasteiger partial charge in [0.1, 0.15) is 29.1 Å². The molecule has 72 heavy (non-hydrogen) atoms. The Morgan fingerprint density at radius 3 is 1.50 bits per heavy atom. The number of hydrogen-bond acceptors (Lipinski definition) is 6. The zero-order chi connectivity index (χ0) is 49.1. The van der Waals surface area contributed by atoms with Gasteiger partial charge in [0.2, 0.25) is 0 Å². The van der Waals surface area contributed by atoms with Gasteiger partial charge in [-0.05, 0) is 129 Å². The van der Waals surface area contributed by atoms with E-state index in [0.29, 0.717) is 29.8 Å². The summed E-state index contributed by atoms with van der Waals surface area (Å²) in [5.74, 6) is 0.871. The maximum atomic E-state index is 12.0. The highest BCUT2D eigenvalue weighted by Gasteiger charge is 2.46. The summed E-state index contributed by atoms with van der Waals surface area (Å²) in [6.07, 6.45) is 2.44. The molecule has 0 radical (unpaired) electrons. The first-order valence-corrected chi connectivity index (χ1v) is 24.8. The summed E-state index contributed by atoms with van der Waals surface area (Å²) in [5, 5.41) is 26.0. The molecule has 6 nitrogen and oxygen atoms in total. The molecule has 10 aromatic rings. The van der Waals surface area contributed by atoms with Crippen molar-refractivity contribution in [3.05, 3.63) is 222 Å². The Morgan fingerprint density at radius 2 is 0.917 bits per heavy atom. The van der Waals surface area contributed by atoms with Gasteiger partial charge in [0.05, 0.1) is 29.1 Å². The van der Waals surface area contributed by atoms with E-state index in [1.54, 1.807) is 0 Å². The van der Waals surface area contributed by atoms with E-state index in [4.69, 9.17) is 9.15 Å². The third kappa shape index (κ3) is 7.47. The molecule has 0 bridgehead atoms. The van der Waals surface area contributed by atoms with Gasteiger partial charge in [0.25, 0.3) is 0 Å². The van der Waals surface area contributed by atoms with E-state index in [1.807, 2.05) is 42.5 Å². The van der Waals surface area contributed by atoms with Crippen LogP contribution in [0, 0.1) is 22.7 Å². The molecule has 0 saturated heterocycles. The molecule has 0 fully saturated rings. The lowest BCUT2D eigenvalue weighted by atomic mass is 9.61. The van der Waals surface area contributed by atoms with E-state index in [-0.39, 0.29) is 0 Å². The average molecular weight is 933 g/mol. The van der Waals surface area contributed by atoms with Crippen LogP contribution in [0.25, 0.3) is 55.3 Å². The van der Waals surface area contributed by atoms with Crippen LogP contribution in [0.2, 0.25) is 0 Å². The van der Waals surface area contributed by atoms with Crippen LogP contribution < -0.4 is 14.5 Å². The highest BCUT2D eigenvalue weighted by atomic mass is 16.5. The number of benzene rings is 9. The monoisotopic (exact) mass is 932 g/mol. The largest absolute Gasteiger partial charge is 0.493 e. The fraction of sp³-hybridized carbons (Fsp3) is 0.152. The lowest BCUT2D eigenvalue weighted by Gasteiger charge is -2.47. The van der Waals surface area contributed by atoms with E-state index in [1.165, 1.54) is 0 Å². The molecule has 0 atom stereocenters. The van der Waals surface area contributed by atoms with Gasteiger partial charge >= 0.3 is 0 Å². The molecule has 1 aliphatic carbocycles. The minimum Gasteiger partial charge on any atom is -0.493 e. The van der Waals surface area contributed by atoms with E-state index in [2.05, 4.69) is 201 Å². The lowest BCUT2D eigenvalue weighted by Crippen LogP contribution is -2.38. The van der Waals surface area contributed by atoms with Gasteiger partial charge in [-0.3, -0.25) is 0 Å². The third-order valence-corrected chi connectivity index (χ3v) is 15.1. The van der Waals surface area contributed by atoms with Crippen LogP contribution in [0.4, 0.5) is 34.1 Å². The SMILES string of the molecule is CC1(C)CCC(C)(C)c2c(N(c3ccc(-c4ccccc4)cc3)c3ccc4c(c3)oc3ccccc34)c(C#N)c(C#N)c(N(c3ccc(-c4ccccc4)cc3)c3ccc4c(c3)CCOc3ccccc3-4)c21. The van der Waals surface area contributed by atoms with E-state index >= 15 is 0 Å². The number of rotatable bonds is 8. The second kappa shape index (κ2) is 17.5. The first-order chi connectivity index (χ1) is 35.1. The van der Waals surface area contributed by atoms with Gasteiger partial charge in [-0.25, -0.2) is 0 Å². The highest BCUT2D eigenvalue weighted by Crippen LogP contribution is 2.59. The Balaban J connectivity index is 1.16. The van der Waals surface area contributed by atoms with Crippen LogP contribution in [-0.4, -0.2) is 6.61 Å². The summed E-state index contributed by atoms with van der Waals surface area (Å²) in [6, 6.07) is 72.7. The van der Waals surface area contributed by atoms with Crippen LogP contribution in [-0.2, 0) is 17.3 Å². The molecule has 9 aromatic carbocycles. The Bertz CT molecular complexity index is 3800. The molecule has 0 unspecified atom stereocenters. The summed E-state index contributed by atoms with van der Waals surface area (Å²) in [5.41, 5.74) is 16.0. The molecule has 1 aliphatic heterocycles. The van der Waals surface area contributed by atoms with Crippen molar-refractivity contribution in [3.63, 3.8) is 0 Å². The topological polar surface area (TPSA) is 76.4 Å². The molecular weight excluding hydrogens is 881 g/mol. The quantitative estimate of drug-likeness (QED) is 0.151. The molecule has 12 rings (SSSR count). The minimum atomic E-state index is -0.447. The molecule has 0 N–H and O–H groups in total. The van der Waals surface area contributed by atoms with Crippen molar-refractivity contribution in [1.82, 2.24) is 0 Å². The number of hydrogen-bond donors (Lipinski definition) is 0. The van der Waals surface area contributed by atoms with Crippen molar-refractivity contribution in [2.75, 3.05) is 16.4 Å². The summed E-state index contributed by atoms with van der Waals surface area (Å²) in [7, 11) is 0. The number of ether oxygens (including phenoxy) is 1. The van der Waals surface area contributed by atoms with Crippen LogP contribution in [0.3, 0.4) is 0 Å². The Morgan fingerprint density at radius 1 is 0.444 bits per heavy atom. The predicted octanol–water partition coefficient (Wildman–Crippen LogP) is 17.6. The normalized spacial score (nSPS) is 14.2. The number of para-hydroxylation sites is 2. The predicted molar refractivity (Wildman–Crippen MR) is 293 cm³/mol. The first-order valence-electron chi connectivity index (χ1n) is 24.8. The molecular formula is C66H52N4O2. The Hall–Kier alpha value is -8.84. The lowest BCUT2D eigenvalue weighted by molar-refractivity contribution is 0.326. The molecule has 2 heterocycles. The van der Waals surface area contributed by atoms with Crippen LogP contribution >= 0.6 is 0 Å². The van der Waals surface area contributed by atoms with Crippen LogP contribution in [0.1, 0.15) is 68.4 Å². The molecule has 6 heteroatoms. The standard InChI is InChI=1S/C66H52N4O2/c1-65(2)36-37-66(3,4)62-61(65)63(69(48-27-23-45(24-28-48)43-15-7-5-8-16-43)50-31-33-52-47(39-50)35-38-71-58-21-13-11-19-53(52)58)56(41-67)57(42-68)64(62)70(49-29-25-46(26-30-49)44-17-9-6-10-18-44)51-32-34-55-54-20-12-14-22-59(54)72-60(55)40-51/h5-34,39-40H,35-38H2,1-4H3. The zero-order valence-electron chi connectivity index (χ0n) is 40.9. The Labute approximate surface area is 421 Å². The van der Waals surface area contributed by atoms with Gasteiger partial charge in [-0.2, -0.15) is 10.5 Å². The van der Waals surface area contributed by atoms with Crippen LogP contribution in [0.5, 0.6) is 5.75 Å². The van der Waals surface area contributed by atoms with Crippen molar-refractivity contribution < 1.29 is 9.15 Å². The molecule has 0 saturated carbocycles. The average Bonchev–Trinajstić information content (AvgIpc) is 3.68. The Kier molecular flexibility index (Phi) is 10.8. The molecule has 348 valence electrons. The fourth-order valence-corrected chi connectivity index (χ4v) is 11.4. The minimum absolute atomic E-state index is 0.317. The summed E-state index contributed by atoms with van der Waals surface area (Å²) < 4.78 is 12.9. The fourth-order valence-electron chi connectivity index (χ4n) is 11.4. The first kappa shape index (κ1) is 44.4. The second-order valence-electron chi connectivity index (χ2n) is 20.4. The van der Waals surface area contributed by atoms with Gasteiger partial charge in [0.15, 0.2) is 0 Å². The van der Waals surface area contributed by atoms with E-state index in [0.717, 1.165) is 119 Å².